The first-order valence-electron chi connectivity index (χ1n) is 12.8. The van der Waals surface area contributed by atoms with Crippen LogP contribution in [0.2, 0.25) is 0 Å². The zero-order valence-electron chi connectivity index (χ0n) is 20.9. The maximum absolute atomic E-state index is 10.7. The normalized spacial score (nSPS) is 13.9. The number of phenols is 1. The molecule has 0 saturated heterocycles. The molecule has 6 aromatic rings. The van der Waals surface area contributed by atoms with E-state index in [0.29, 0.717) is 23.1 Å². The van der Waals surface area contributed by atoms with Crippen molar-refractivity contribution in [1.82, 2.24) is 14.5 Å². The summed E-state index contributed by atoms with van der Waals surface area (Å²) in [5.41, 5.74) is 6.06. The van der Waals surface area contributed by atoms with Crippen LogP contribution in [0.25, 0.3) is 38.5 Å². The number of rotatable bonds is 4. The van der Waals surface area contributed by atoms with Gasteiger partial charge in [0.15, 0.2) is 0 Å². The topological polar surface area (TPSA) is 60.2 Å². The largest absolute Gasteiger partial charge is 0.506 e. The molecule has 3 aromatic heterocycles. The third-order valence-electron chi connectivity index (χ3n) is 7.57. The number of phenolic OH excluding ortho intramolecular Hbond substituents is 1. The highest BCUT2D eigenvalue weighted by Gasteiger charge is 2.21. The molecule has 3 heterocycles. The summed E-state index contributed by atoms with van der Waals surface area (Å²) in [6, 6.07) is 26.6. The zero-order valence-corrected chi connectivity index (χ0v) is 20.9. The smallest absolute Gasteiger partial charge is 0.219 e. The van der Waals surface area contributed by atoms with E-state index >= 15 is 0 Å². The SMILES string of the molecule is Cc1ccc2c3ccc(Oc4ccc5cc(C6CCC6)cc(O)c5n4)cc3n(-c3cccc(C)n3)c2c1. The minimum absolute atomic E-state index is 0.210. The van der Waals surface area contributed by atoms with E-state index in [9.17, 15) is 5.11 Å². The Kier molecular flexibility index (Phi) is 4.93. The average molecular weight is 486 g/mol. The van der Waals surface area contributed by atoms with E-state index in [4.69, 9.17) is 9.72 Å². The summed E-state index contributed by atoms with van der Waals surface area (Å²) in [6.45, 7) is 4.11. The van der Waals surface area contributed by atoms with Crippen LogP contribution >= 0.6 is 0 Å². The van der Waals surface area contributed by atoms with Crippen LogP contribution in [0.1, 0.15) is 42.0 Å². The molecule has 5 nitrogen and oxygen atoms in total. The first-order valence-corrected chi connectivity index (χ1v) is 12.8. The summed E-state index contributed by atoms with van der Waals surface area (Å²) in [5.74, 6) is 2.76. The van der Waals surface area contributed by atoms with Crippen molar-refractivity contribution in [2.45, 2.75) is 39.0 Å². The van der Waals surface area contributed by atoms with Crippen molar-refractivity contribution >= 4 is 32.7 Å². The fourth-order valence-corrected chi connectivity index (χ4v) is 5.45. The Bertz CT molecular complexity index is 1830. The van der Waals surface area contributed by atoms with Gasteiger partial charge in [-0.05, 0) is 92.3 Å². The second-order valence-corrected chi connectivity index (χ2v) is 10.2. The molecule has 0 unspecified atom stereocenters. The van der Waals surface area contributed by atoms with E-state index in [-0.39, 0.29) is 5.75 Å². The lowest BCUT2D eigenvalue weighted by Crippen LogP contribution is -2.08. The number of aromatic hydroxyl groups is 1. The number of aryl methyl sites for hydroxylation is 2. The molecule has 1 N–H and O–H groups in total. The van der Waals surface area contributed by atoms with Gasteiger partial charge in [0.25, 0.3) is 0 Å². The molecule has 0 radical (unpaired) electrons. The van der Waals surface area contributed by atoms with Gasteiger partial charge in [-0.3, -0.25) is 4.57 Å². The molecule has 0 amide bonds. The predicted molar refractivity (Wildman–Crippen MR) is 148 cm³/mol. The molecule has 1 saturated carbocycles. The lowest BCUT2D eigenvalue weighted by Gasteiger charge is -2.26. The molecule has 182 valence electrons. The van der Waals surface area contributed by atoms with E-state index in [1.54, 1.807) is 0 Å². The van der Waals surface area contributed by atoms with E-state index in [0.717, 1.165) is 33.3 Å². The van der Waals surface area contributed by atoms with Gasteiger partial charge in [0.05, 0.1) is 11.0 Å². The highest BCUT2D eigenvalue weighted by molar-refractivity contribution is 6.09. The fourth-order valence-electron chi connectivity index (χ4n) is 5.45. The maximum atomic E-state index is 10.7. The van der Waals surface area contributed by atoms with Crippen molar-refractivity contribution in [3.8, 4) is 23.2 Å². The molecule has 0 aliphatic heterocycles. The van der Waals surface area contributed by atoms with Crippen LogP contribution in [0.15, 0.2) is 78.9 Å². The third kappa shape index (κ3) is 3.70. The summed E-state index contributed by atoms with van der Waals surface area (Å²) in [6.07, 6.45) is 3.64. The Balaban J connectivity index is 1.33. The van der Waals surface area contributed by atoms with Gasteiger partial charge in [0, 0.05) is 34.0 Å². The highest BCUT2D eigenvalue weighted by atomic mass is 16.5. The standard InChI is InChI=1S/C32H27N3O2/c1-19-9-12-25-26-13-11-24(18-28(26)35(27(25)15-19)30-8-3-5-20(2)33-30)37-31-14-10-22-16-23(21-6-4-7-21)17-29(36)32(22)34-31/h3,5,8-18,21,36H,4,6-7H2,1-2H3. The highest BCUT2D eigenvalue weighted by Crippen LogP contribution is 2.40. The van der Waals surface area contributed by atoms with Crippen LogP contribution in [0.3, 0.4) is 0 Å². The number of hydrogen-bond acceptors (Lipinski definition) is 4. The summed E-state index contributed by atoms with van der Waals surface area (Å²) in [4.78, 5) is 9.46. The Hall–Kier alpha value is -4.38. The maximum Gasteiger partial charge on any atom is 0.219 e. The van der Waals surface area contributed by atoms with Crippen LogP contribution in [0, 0.1) is 13.8 Å². The number of pyridine rings is 2. The Morgan fingerprint density at radius 1 is 0.838 bits per heavy atom. The second kappa shape index (κ2) is 8.34. The van der Waals surface area contributed by atoms with Gasteiger partial charge in [0.2, 0.25) is 5.88 Å². The zero-order chi connectivity index (χ0) is 25.1. The van der Waals surface area contributed by atoms with E-state index in [1.165, 1.54) is 35.8 Å². The molecule has 0 atom stereocenters. The molecular formula is C32H27N3O2. The number of hydrogen-bond donors (Lipinski definition) is 1. The van der Waals surface area contributed by atoms with Crippen LogP contribution < -0.4 is 4.74 Å². The molecule has 5 heteroatoms. The predicted octanol–water partition coefficient (Wildman–Crippen LogP) is 8.11. The summed E-state index contributed by atoms with van der Waals surface area (Å²) in [7, 11) is 0. The van der Waals surface area contributed by atoms with Gasteiger partial charge < -0.3 is 9.84 Å². The first kappa shape index (κ1) is 21.9. The van der Waals surface area contributed by atoms with Crippen molar-refractivity contribution in [1.29, 1.82) is 0 Å². The van der Waals surface area contributed by atoms with Crippen LogP contribution in [-0.2, 0) is 0 Å². The Labute approximate surface area is 215 Å². The van der Waals surface area contributed by atoms with Gasteiger partial charge in [-0.25, -0.2) is 9.97 Å². The number of nitrogens with zero attached hydrogens (tertiary/aromatic N) is 3. The quantitative estimate of drug-likeness (QED) is 0.274. The molecule has 1 fully saturated rings. The van der Waals surface area contributed by atoms with Gasteiger partial charge in [0.1, 0.15) is 22.8 Å². The second-order valence-electron chi connectivity index (χ2n) is 10.2. The first-order chi connectivity index (χ1) is 18.0. The summed E-state index contributed by atoms with van der Waals surface area (Å²) >= 11 is 0. The fraction of sp³-hybridized carbons (Fsp3) is 0.188. The van der Waals surface area contributed by atoms with Crippen molar-refractivity contribution < 1.29 is 9.84 Å². The molecule has 7 rings (SSSR count). The number of benzene rings is 3. The monoisotopic (exact) mass is 485 g/mol. The molecule has 0 spiro atoms. The lowest BCUT2D eigenvalue weighted by atomic mass is 9.79. The number of aromatic nitrogens is 3. The van der Waals surface area contributed by atoms with Crippen LogP contribution in [-0.4, -0.2) is 19.6 Å². The molecule has 0 bridgehead atoms. The van der Waals surface area contributed by atoms with Gasteiger partial charge in [-0.2, -0.15) is 0 Å². The van der Waals surface area contributed by atoms with Crippen molar-refractivity contribution in [2.75, 3.05) is 0 Å². The Morgan fingerprint density at radius 3 is 2.43 bits per heavy atom. The van der Waals surface area contributed by atoms with E-state index < -0.39 is 0 Å². The third-order valence-corrected chi connectivity index (χ3v) is 7.57. The van der Waals surface area contributed by atoms with Crippen LogP contribution in [0.5, 0.6) is 17.4 Å². The molecule has 3 aromatic carbocycles. The molecule has 37 heavy (non-hydrogen) atoms. The molecule has 1 aliphatic carbocycles. The molecular weight excluding hydrogens is 458 g/mol. The minimum Gasteiger partial charge on any atom is -0.506 e. The molecule has 1 aliphatic rings. The number of fused-ring (bicyclic) bond motifs is 4. The average Bonchev–Trinajstić information content (AvgIpc) is 3.16. The van der Waals surface area contributed by atoms with Gasteiger partial charge >= 0.3 is 0 Å². The van der Waals surface area contributed by atoms with Crippen molar-refractivity contribution in [2.24, 2.45) is 0 Å². The van der Waals surface area contributed by atoms with Crippen molar-refractivity contribution in [3.05, 3.63) is 95.7 Å². The van der Waals surface area contributed by atoms with Crippen LogP contribution in [0.4, 0.5) is 0 Å². The van der Waals surface area contributed by atoms with Gasteiger partial charge in [-0.1, -0.05) is 24.6 Å². The van der Waals surface area contributed by atoms with Gasteiger partial charge in [-0.15, -0.1) is 0 Å². The summed E-state index contributed by atoms with van der Waals surface area (Å²) in [5, 5.41) is 14.0. The van der Waals surface area contributed by atoms with E-state index in [1.807, 2.05) is 55.5 Å². The minimum atomic E-state index is 0.210. The number of ether oxygens (including phenoxy) is 1. The summed E-state index contributed by atoms with van der Waals surface area (Å²) < 4.78 is 8.43. The van der Waals surface area contributed by atoms with Crippen molar-refractivity contribution in [3.63, 3.8) is 0 Å². The lowest BCUT2D eigenvalue weighted by molar-refractivity contribution is 0.416. The Morgan fingerprint density at radius 2 is 1.65 bits per heavy atom. The van der Waals surface area contributed by atoms with E-state index in [2.05, 4.69) is 46.8 Å².